The van der Waals surface area contributed by atoms with Gasteiger partial charge in [0.2, 0.25) is 0 Å². The zero-order valence-corrected chi connectivity index (χ0v) is 7.64. The number of aliphatic hydroxyl groups is 1. The number of aliphatic carboxylic acids is 1. The van der Waals surface area contributed by atoms with Gasteiger partial charge in [0.25, 0.3) is 0 Å². The maximum Gasteiger partial charge on any atom is 0.490 e. The lowest BCUT2D eigenvalue weighted by Crippen LogP contribution is -2.21. The number of carbonyl (C=O) groups is 1. The van der Waals surface area contributed by atoms with Crippen LogP contribution in [0.2, 0.25) is 0 Å². The molecule has 0 amide bonds. The zero-order chi connectivity index (χ0) is 11.5. The van der Waals surface area contributed by atoms with Gasteiger partial charge in [-0.05, 0) is 21.0 Å². The Hall–Kier alpha value is -0.820. The molecule has 7 heteroatoms. The first-order valence-electron chi connectivity index (χ1n) is 3.27. The smallest absolute Gasteiger partial charge is 0.475 e. The van der Waals surface area contributed by atoms with Crippen LogP contribution in [0.1, 0.15) is 6.92 Å². The fraction of sp³-hybridized carbons (Fsp3) is 0.833. The Kier molecular flexibility index (Phi) is 15.5. The van der Waals surface area contributed by atoms with Crippen LogP contribution in [0, 0.1) is 0 Å². The van der Waals surface area contributed by atoms with Crippen molar-refractivity contribution in [1.29, 1.82) is 0 Å². The second-order valence-corrected chi connectivity index (χ2v) is 1.62. The normalized spacial score (nSPS) is 8.85. The second-order valence-electron chi connectivity index (χ2n) is 1.62. The Morgan fingerprint density at radius 2 is 1.46 bits per heavy atom. The fourth-order valence-corrected chi connectivity index (χ4v) is 0. The van der Waals surface area contributed by atoms with Crippen molar-refractivity contribution in [2.24, 2.45) is 0 Å². The van der Waals surface area contributed by atoms with E-state index in [4.69, 9.17) is 15.0 Å². The fourth-order valence-electron chi connectivity index (χ4n) is 0. The molecule has 82 valence electrons. The van der Waals surface area contributed by atoms with Crippen LogP contribution in [0.15, 0.2) is 0 Å². The molecule has 4 nitrogen and oxygen atoms in total. The van der Waals surface area contributed by atoms with Crippen LogP contribution in [0.4, 0.5) is 13.2 Å². The lowest BCUT2D eigenvalue weighted by Gasteiger charge is -1.93. The van der Waals surface area contributed by atoms with E-state index in [9.17, 15) is 13.2 Å². The first-order chi connectivity index (χ1) is 5.77. The average Bonchev–Trinajstić information content (AvgIpc) is 1.88. The van der Waals surface area contributed by atoms with E-state index >= 15 is 0 Å². The summed E-state index contributed by atoms with van der Waals surface area (Å²) in [7, 11) is 3.75. The van der Waals surface area contributed by atoms with Crippen molar-refractivity contribution < 1.29 is 28.2 Å². The predicted octanol–water partition coefficient (Wildman–Crippen LogP) is 0.467. The van der Waals surface area contributed by atoms with Gasteiger partial charge >= 0.3 is 12.1 Å². The van der Waals surface area contributed by atoms with Crippen molar-refractivity contribution in [2.45, 2.75) is 13.1 Å². The van der Waals surface area contributed by atoms with E-state index in [1.54, 1.807) is 6.92 Å². The van der Waals surface area contributed by atoms with Crippen molar-refractivity contribution >= 4 is 5.97 Å². The van der Waals surface area contributed by atoms with Crippen LogP contribution < -0.4 is 5.32 Å². The molecule has 3 N–H and O–H groups in total. The quantitative estimate of drug-likeness (QED) is 0.537. The number of hydrogen-bond donors (Lipinski definition) is 3. The molecule has 0 aliphatic heterocycles. The summed E-state index contributed by atoms with van der Waals surface area (Å²) in [5.41, 5.74) is 0. The van der Waals surface area contributed by atoms with Gasteiger partial charge in [0.05, 0.1) is 0 Å². The van der Waals surface area contributed by atoms with Crippen molar-refractivity contribution in [3.8, 4) is 0 Å². The molecule has 0 heterocycles. The van der Waals surface area contributed by atoms with Gasteiger partial charge in [-0.15, -0.1) is 0 Å². The highest BCUT2D eigenvalue weighted by atomic mass is 19.4. The van der Waals surface area contributed by atoms with Gasteiger partial charge in [-0.25, -0.2) is 4.79 Å². The van der Waals surface area contributed by atoms with Crippen molar-refractivity contribution in [3.63, 3.8) is 0 Å². The molecule has 0 unspecified atom stereocenters. The number of halogens is 3. The number of carboxylic acids is 1. The van der Waals surface area contributed by atoms with Crippen LogP contribution in [0.25, 0.3) is 0 Å². The minimum atomic E-state index is -5.08. The second kappa shape index (κ2) is 11.2. The largest absolute Gasteiger partial charge is 0.490 e. The first kappa shape index (κ1) is 18.1. The average molecular weight is 205 g/mol. The number of carboxylic acid groups (broad SMARTS) is 1. The molecule has 0 rings (SSSR count). The lowest BCUT2D eigenvalue weighted by molar-refractivity contribution is -0.192. The third-order valence-electron chi connectivity index (χ3n) is 0.243. The predicted molar refractivity (Wildman–Crippen MR) is 41.4 cm³/mol. The molecule has 0 saturated heterocycles. The molecule has 0 aromatic carbocycles. The van der Waals surface area contributed by atoms with E-state index in [1.807, 2.05) is 14.1 Å². The molecule has 0 saturated carbocycles. The summed E-state index contributed by atoms with van der Waals surface area (Å²) in [6.07, 6.45) is -5.08. The summed E-state index contributed by atoms with van der Waals surface area (Å²) >= 11 is 0. The molecule has 0 radical (unpaired) electrons. The van der Waals surface area contributed by atoms with Crippen LogP contribution in [0.5, 0.6) is 0 Å². The molecule has 0 aromatic rings. The maximum atomic E-state index is 10.6. The molecule has 0 bridgehead atoms. The van der Waals surface area contributed by atoms with Gasteiger partial charge < -0.3 is 15.5 Å². The number of nitrogens with one attached hydrogen (secondary N) is 1. The van der Waals surface area contributed by atoms with E-state index < -0.39 is 12.1 Å². The summed E-state index contributed by atoms with van der Waals surface area (Å²) < 4.78 is 31.7. The van der Waals surface area contributed by atoms with E-state index in [-0.39, 0.29) is 6.61 Å². The summed E-state index contributed by atoms with van der Waals surface area (Å²) in [6, 6.07) is 0. The Labute approximate surface area is 74.4 Å². The number of aliphatic hydroxyl groups excluding tert-OH is 1. The Balaban J connectivity index is -0.000000140. The molecule has 0 spiro atoms. The molecule has 0 aliphatic rings. The third-order valence-corrected chi connectivity index (χ3v) is 0.243. The topological polar surface area (TPSA) is 69.6 Å². The zero-order valence-electron chi connectivity index (χ0n) is 7.64. The van der Waals surface area contributed by atoms with Gasteiger partial charge in [0.15, 0.2) is 0 Å². The van der Waals surface area contributed by atoms with Gasteiger partial charge in [-0.1, -0.05) is 0 Å². The molecular formula is C6H14F3NO3. The summed E-state index contributed by atoms with van der Waals surface area (Å²) in [5, 5.41) is 17.4. The maximum absolute atomic E-state index is 10.6. The van der Waals surface area contributed by atoms with Crippen LogP contribution in [0.3, 0.4) is 0 Å². The van der Waals surface area contributed by atoms with Gasteiger partial charge in [0.1, 0.15) is 0 Å². The van der Waals surface area contributed by atoms with E-state index in [0.29, 0.717) is 0 Å². The standard InChI is InChI=1S/C2HF3O2.C2H7N.C2H6O/c3-2(4,5)1(6)7;1-3-2;1-2-3/h(H,6,7);3H,1-2H3;3H,2H2,1H3. The Morgan fingerprint density at radius 1 is 1.38 bits per heavy atom. The van der Waals surface area contributed by atoms with Crippen molar-refractivity contribution in [3.05, 3.63) is 0 Å². The molecule has 0 aliphatic carbocycles. The summed E-state index contributed by atoms with van der Waals surface area (Å²) in [6.45, 7) is 1.93. The SMILES string of the molecule is CCO.CNC.O=C(O)C(F)(F)F. The highest BCUT2D eigenvalue weighted by molar-refractivity contribution is 5.73. The van der Waals surface area contributed by atoms with Gasteiger partial charge in [-0.2, -0.15) is 13.2 Å². The lowest BCUT2D eigenvalue weighted by atomic mass is 10.7. The number of alkyl halides is 3. The minimum absolute atomic E-state index is 0.250. The van der Waals surface area contributed by atoms with Crippen LogP contribution >= 0.6 is 0 Å². The number of rotatable bonds is 0. The van der Waals surface area contributed by atoms with Crippen LogP contribution in [-0.2, 0) is 4.79 Å². The Morgan fingerprint density at radius 3 is 1.46 bits per heavy atom. The summed E-state index contributed by atoms with van der Waals surface area (Å²) in [5.74, 6) is -2.76. The molecule has 0 aromatic heterocycles. The third kappa shape index (κ3) is 35.1. The van der Waals surface area contributed by atoms with Gasteiger partial charge in [0, 0.05) is 6.61 Å². The van der Waals surface area contributed by atoms with Crippen molar-refractivity contribution in [2.75, 3.05) is 20.7 Å². The van der Waals surface area contributed by atoms with E-state index in [2.05, 4.69) is 5.32 Å². The first-order valence-corrected chi connectivity index (χ1v) is 3.27. The molecule has 0 fully saturated rings. The highest BCUT2D eigenvalue weighted by Crippen LogP contribution is 2.13. The minimum Gasteiger partial charge on any atom is -0.475 e. The van der Waals surface area contributed by atoms with Crippen molar-refractivity contribution in [1.82, 2.24) is 5.32 Å². The van der Waals surface area contributed by atoms with E-state index in [0.717, 1.165) is 0 Å². The molecular weight excluding hydrogens is 191 g/mol. The van der Waals surface area contributed by atoms with E-state index in [1.165, 1.54) is 0 Å². The molecule has 0 atom stereocenters. The Bertz CT molecular complexity index is 114. The van der Waals surface area contributed by atoms with Gasteiger partial charge in [-0.3, -0.25) is 0 Å². The number of hydrogen-bond acceptors (Lipinski definition) is 3. The summed E-state index contributed by atoms with van der Waals surface area (Å²) in [4.78, 5) is 8.90. The highest BCUT2D eigenvalue weighted by Gasteiger charge is 2.38. The monoisotopic (exact) mass is 205 g/mol. The molecule has 13 heavy (non-hydrogen) atoms. The van der Waals surface area contributed by atoms with Crippen LogP contribution in [-0.4, -0.2) is 43.1 Å².